The van der Waals surface area contributed by atoms with Crippen LogP contribution >= 0.6 is 31.9 Å². The summed E-state index contributed by atoms with van der Waals surface area (Å²) in [7, 11) is 0. The first-order chi connectivity index (χ1) is 19.1. The number of pyridine rings is 2. The van der Waals surface area contributed by atoms with Gasteiger partial charge in [-0.1, -0.05) is 12.1 Å². The molecule has 2 aromatic heterocycles. The van der Waals surface area contributed by atoms with Crippen LogP contribution in [0.25, 0.3) is 0 Å². The summed E-state index contributed by atoms with van der Waals surface area (Å²) < 4.78 is 78.3. The van der Waals surface area contributed by atoms with E-state index in [2.05, 4.69) is 47.1 Å². The largest absolute Gasteiger partial charge is 0.481 e. The van der Waals surface area contributed by atoms with Crippen molar-refractivity contribution < 1.29 is 41.0 Å². The molecule has 0 saturated heterocycles. The number of carboxylic acids is 1. The van der Waals surface area contributed by atoms with Crippen molar-refractivity contribution in [3.05, 3.63) is 57.0 Å². The highest BCUT2D eigenvalue weighted by atomic mass is 79.9. The molecule has 2 aliphatic rings. The minimum atomic E-state index is -4.47. The number of nitrogens with two attached hydrogens (primary N) is 1. The number of alkyl halides is 6. The maximum Gasteiger partial charge on any atom is 0.395 e. The molecule has 0 bridgehead atoms. The van der Waals surface area contributed by atoms with Gasteiger partial charge in [0.1, 0.15) is 9.21 Å². The number of carbonyl (C=O) groups is 2. The van der Waals surface area contributed by atoms with Crippen LogP contribution in [-0.4, -0.2) is 51.4 Å². The minimum absolute atomic E-state index is 0.0260. The molecule has 0 spiro atoms. The van der Waals surface area contributed by atoms with E-state index in [1.807, 2.05) is 0 Å². The summed E-state index contributed by atoms with van der Waals surface area (Å²) in [5.74, 6) is -5.01. The van der Waals surface area contributed by atoms with E-state index < -0.39 is 43.0 Å². The van der Waals surface area contributed by atoms with Crippen LogP contribution < -0.4 is 11.1 Å². The molecule has 2 aromatic rings. The topological polar surface area (TPSA) is 118 Å². The summed E-state index contributed by atoms with van der Waals surface area (Å²) >= 11 is 6.11. The fraction of sp³-hybridized carbons (Fsp3) is 0.538. The summed E-state index contributed by atoms with van der Waals surface area (Å²) in [6.07, 6.45) is -3.58. The van der Waals surface area contributed by atoms with Crippen molar-refractivity contribution in [2.45, 2.75) is 87.6 Å². The quantitative estimate of drug-likeness (QED) is 0.190. The fourth-order valence-corrected chi connectivity index (χ4v) is 3.86. The number of aliphatic carboxylic acids is 1. The first kappa shape index (κ1) is 34.9. The number of amides is 1. The second kappa shape index (κ2) is 15.8. The lowest BCUT2D eigenvalue weighted by Crippen LogP contribution is -2.28. The molecule has 0 aromatic carbocycles. The van der Waals surface area contributed by atoms with Crippen molar-refractivity contribution >= 4 is 43.7 Å². The van der Waals surface area contributed by atoms with Gasteiger partial charge in [0.05, 0.1) is 11.8 Å². The third-order valence-electron chi connectivity index (χ3n) is 5.97. The van der Waals surface area contributed by atoms with Crippen LogP contribution in [0.1, 0.15) is 74.3 Å². The van der Waals surface area contributed by atoms with Gasteiger partial charge in [-0.3, -0.25) is 9.59 Å². The Balaban J connectivity index is 0.000000254. The van der Waals surface area contributed by atoms with Crippen molar-refractivity contribution in [3.63, 3.8) is 0 Å². The molecule has 2 unspecified atom stereocenters. The van der Waals surface area contributed by atoms with Gasteiger partial charge in [0, 0.05) is 37.3 Å². The Morgan fingerprint density at radius 2 is 1.27 bits per heavy atom. The molecule has 41 heavy (non-hydrogen) atoms. The number of rotatable bonds is 9. The Labute approximate surface area is 250 Å². The average Bonchev–Trinajstić information content (AvgIpc) is 3.80. The van der Waals surface area contributed by atoms with Gasteiger partial charge in [0.2, 0.25) is 5.91 Å². The molecule has 2 atom stereocenters. The third-order valence-corrected chi connectivity index (χ3v) is 6.91. The smallest absolute Gasteiger partial charge is 0.395 e. The van der Waals surface area contributed by atoms with Crippen LogP contribution in [-0.2, 0) is 9.59 Å². The lowest BCUT2D eigenvalue weighted by molar-refractivity contribution is -0.155. The maximum absolute atomic E-state index is 13.1. The van der Waals surface area contributed by atoms with Gasteiger partial charge in [-0.15, -0.1) is 0 Å². The highest BCUT2D eigenvalue weighted by Crippen LogP contribution is 2.39. The minimum Gasteiger partial charge on any atom is -0.481 e. The van der Waals surface area contributed by atoms with Crippen LogP contribution in [0.15, 0.2) is 45.9 Å². The summed E-state index contributed by atoms with van der Waals surface area (Å²) in [4.78, 5) is 29.4. The van der Waals surface area contributed by atoms with Gasteiger partial charge in [-0.2, -0.15) is 26.3 Å². The highest BCUT2D eigenvalue weighted by Gasteiger charge is 2.41. The van der Waals surface area contributed by atoms with Crippen LogP contribution in [0.5, 0.6) is 0 Å². The number of nitrogens with zero attached hydrogens (tertiary/aromatic N) is 2. The summed E-state index contributed by atoms with van der Waals surface area (Å²) in [5, 5.41) is 11.1. The van der Waals surface area contributed by atoms with Crippen molar-refractivity contribution in [2.75, 3.05) is 0 Å². The molecule has 4 rings (SSSR count). The summed E-state index contributed by atoms with van der Waals surface area (Å²) in [6.45, 7) is 0. The molecule has 0 aliphatic heterocycles. The number of hydrogen-bond donors (Lipinski definition) is 3. The highest BCUT2D eigenvalue weighted by molar-refractivity contribution is 9.10. The molecule has 4 N–H and O–H groups in total. The molecule has 15 heteroatoms. The molecule has 1 amide bonds. The standard InChI is InChI=1S/C13H14BrF3N2O.C10H9BrF3NO2.C3H7N/c14-11-5-1-8(7-18-11)10(13(15,16)17)4-6-12(20)19-9-2-3-9;11-8-3-1-6(5-15-8)7(10(12,13)14)2-4-9(16)17;4-3-1-2-3/h1,5,7,9-10H,2-4,6H2,(H,19,20);1,3,5,7H,2,4H2,(H,16,17);3H,1-2,4H2. The Morgan fingerprint density at radius 1 is 0.854 bits per heavy atom. The van der Waals surface area contributed by atoms with Crippen molar-refractivity contribution in [2.24, 2.45) is 5.73 Å². The molecule has 2 heterocycles. The zero-order chi connectivity index (χ0) is 30.8. The normalized spacial score (nSPS) is 16.3. The van der Waals surface area contributed by atoms with E-state index in [1.54, 1.807) is 0 Å². The number of nitrogens with one attached hydrogen (secondary N) is 1. The maximum atomic E-state index is 13.1. The Kier molecular flexibility index (Phi) is 13.5. The van der Waals surface area contributed by atoms with E-state index in [1.165, 1.54) is 43.3 Å². The van der Waals surface area contributed by atoms with Crippen LogP contribution in [0.4, 0.5) is 26.3 Å². The second-order valence-corrected chi connectivity index (χ2v) is 11.3. The third kappa shape index (κ3) is 14.5. The second-order valence-electron chi connectivity index (χ2n) is 9.67. The van der Waals surface area contributed by atoms with Crippen LogP contribution in [0.3, 0.4) is 0 Å². The van der Waals surface area contributed by atoms with E-state index in [4.69, 9.17) is 10.8 Å². The van der Waals surface area contributed by atoms with Crippen LogP contribution in [0, 0.1) is 0 Å². The van der Waals surface area contributed by atoms with Gasteiger partial charge in [-0.25, -0.2) is 9.97 Å². The lowest BCUT2D eigenvalue weighted by atomic mass is 9.95. The lowest BCUT2D eigenvalue weighted by Gasteiger charge is -2.20. The number of aromatic nitrogens is 2. The van der Waals surface area contributed by atoms with Crippen molar-refractivity contribution in [1.29, 1.82) is 0 Å². The van der Waals surface area contributed by atoms with E-state index in [0.717, 1.165) is 19.0 Å². The number of carboxylic acid groups (broad SMARTS) is 1. The van der Waals surface area contributed by atoms with Gasteiger partial charge in [0.25, 0.3) is 0 Å². The van der Waals surface area contributed by atoms with Crippen molar-refractivity contribution in [1.82, 2.24) is 15.3 Å². The molecule has 2 aliphatic carbocycles. The fourth-order valence-electron chi connectivity index (χ4n) is 3.39. The van der Waals surface area contributed by atoms with E-state index >= 15 is 0 Å². The number of carbonyl (C=O) groups excluding carboxylic acids is 1. The van der Waals surface area contributed by atoms with E-state index in [-0.39, 0.29) is 35.9 Å². The first-order valence-electron chi connectivity index (χ1n) is 12.7. The van der Waals surface area contributed by atoms with E-state index in [9.17, 15) is 35.9 Å². The number of hydrogen-bond acceptors (Lipinski definition) is 5. The molecule has 228 valence electrons. The Hall–Kier alpha value is -2.26. The molecule has 7 nitrogen and oxygen atoms in total. The molecule has 2 fully saturated rings. The van der Waals surface area contributed by atoms with Gasteiger partial charge in [-0.05, 0) is 93.6 Å². The van der Waals surface area contributed by atoms with E-state index in [0.29, 0.717) is 15.2 Å². The van der Waals surface area contributed by atoms with Gasteiger partial charge in [0.15, 0.2) is 0 Å². The Bertz CT molecular complexity index is 1110. The van der Waals surface area contributed by atoms with Gasteiger partial charge >= 0.3 is 18.3 Å². The first-order valence-corrected chi connectivity index (χ1v) is 14.3. The molecular formula is C26H30Br2F6N4O3. The zero-order valence-electron chi connectivity index (χ0n) is 21.7. The van der Waals surface area contributed by atoms with Gasteiger partial charge < -0.3 is 16.2 Å². The van der Waals surface area contributed by atoms with Crippen molar-refractivity contribution in [3.8, 4) is 0 Å². The zero-order valence-corrected chi connectivity index (χ0v) is 24.9. The molecular weight excluding hydrogens is 690 g/mol. The molecule has 0 radical (unpaired) electrons. The van der Waals surface area contributed by atoms with Crippen LogP contribution in [0.2, 0.25) is 0 Å². The predicted molar refractivity (Wildman–Crippen MR) is 146 cm³/mol. The SMILES string of the molecule is NC1CC1.O=C(CCC(c1ccc(Br)nc1)C(F)(F)F)NC1CC1.O=C(O)CCC(c1ccc(Br)nc1)C(F)(F)F. The predicted octanol–water partition coefficient (Wildman–Crippen LogP) is 7.01. The molecule has 2 saturated carbocycles. The average molecular weight is 720 g/mol. The summed E-state index contributed by atoms with van der Waals surface area (Å²) in [6, 6.07) is 6.29. The monoisotopic (exact) mass is 718 g/mol. The number of halogens is 8. The Morgan fingerprint density at radius 3 is 1.56 bits per heavy atom. The summed E-state index contributed by atoms with van der Waals surface area (Å²) in [5.41, 5.74) is 5.28.